The highest BCUT2D eigenvalue weighted by atomic mass is 32.1. The van der Waals surface area contributed by atoms with Gasteiger partial charge in [-0.1, -0.05) is 0 Å². The molecule has 128 valence electrons. The van der Waals surface area contributed by atoms with Crippen LogP contribution >= 0.6 is 25.3 Å². The summed E-state index contributed by atoms with van der Waals surface area (Å²) in [7, 11) is 2.87. The minimum atomic E-state index is -0.537. The molecule has 0 saturated heterocycles. The fraction of sp³-hybridized carbons (Fsp3) is 0.786. The first-order valence-corrected chi connectivity index (χ1v) is 8.32. The molecular formula is C14H25NO5S2. The van der Waals surface area contributed by atoms with Gasteiger partial charge < -0.3 is 9.47 Å². The monoisotopic (exact) mass is 351 g/mol. The van der Waals surface area contributed by atoms with E-state index in [1.807, 2.05) is 0 Å². The van der Waals surface area contributed by atoms with Gasteiger partial charge in [0, 0.05) is 51.2 Å². The molecule has 1 unspecified atom stereocenters. The Balaban J connectivity index is 4.88. The molecule has 0 rings (SSSR count). The second-order valence-electron chi connectivity index (χ2n) is 4.75. The van der Waals surface area contributed by atoms with Crippen molar-refractivity contribution in [1.82, 2.24) is 4.90 Å². The number of carbonyl (C=O) groups is 3. The molecule has 8 heteroatoms. The largest absolute Gasteiger partial charge is 0.468 e. The smallest absolute Gasteiger partial charge is 0.323 e. The number of thiol groups is 2. The summed E-state index contributed by atoms with van der Waals surface area (Å²) in [4.78, 5) is 36.7. The van der Waals surface area contributed by atoms with Crippen LogP contribution in [0.15, 0.2) is 0 Å². The van der Waals surface area contributed by atoms with Gasteiger partial charge in [0.15, 0.2) is 0 Å². The van der Waals surface area contributed by atoms with E-state index >= 15 is 0 Å². The summed E-state index contributed by atoms with van der Waals surface area (Å²) in [5.41, 5.74) is 0. The normalized spacial score (nSPS) is 12.2. The molecule has 0 saturated carbocycles. The van der Waals surface area contributed by atoms with Crippen LogP contribution in [0.25, 0.3) is 0 Å². The standard InChI is InChI=1S/C14H25NO5S2/c1-19-8-5-13(14(18)20-2)15(6-3-11(16)9-21)7-4-12(17)10-22/h13,21-22H,3-10H2,1-2H3. The molecule has 6 nitrogen and oxygen atoms in total. The molecule has 0 aromatic rings. The molecule has 0 amide bonds. The topological polar surface area (TPSA) is 72.9 Å². The third kappa shape index (κ3) is 8.77. The lowest BCUT2D eigenvalue weighted by Gasteiger charge is -2.29. The van der Waals surface area contributed by atoms with Crippen LogP contribution in [0, 0.1) is 0 Å². The Hall–Kier alpha value is -0.570. The summed E-state index contributed by atoms with van der Waals surface area (Å²) in [5, 5.41) is 0. The number of hydrogen-bond acceptors (Lipinski definition) is 8. The second-order valence-corrected chi connectivity index (χ2v) is 5.38. The molecule has 0 radical (unpaired) electrons. The van der Waals surface area contributed by atoms with Gasteiger partial charge in [-0.3, -0.25) is 19.3 Å². The van der Waals surface area contributed by atoms with Crippen LogP contribution in [0.4, 0.5) is 0 Å². The third-order valence-corrected chi connectivity index (χ3v) is 3.92. The number of hydrogen-bond donors (Lipinski definition) is 2. The van der Waals surface area contributed by atoms with Crippen molar-refractivity contribution in [2.24, 2.45) is 0 Å². The van der Waals surface area contributed by atoms with E-state index in [0.717, 1.165) is 0 Å². The molecule has 0 bridgehead atoms. The maximum atomic E-state index is 12.0. The van der Waals surface area contributed by atoms with Crippen LogP contribution in [-0.2, 0) is 23.9 Å². The minimum absolute atomic E-state index is 0.00999. The first-order chi connectivity index (χ1) is 10.5. The summed E-state index contributed by atoms with van der Waals surface area (Å²) >= 11 is 7.88. The number of ether oxygens (including phenoxy) is 2. The van der Waals surface area contributed by atoms with Gasteiger partial charge in [0.25, 0.3) is 0 Å². The number of Topliss-reactive ketones (excluding diaryl/α,β-unsaturated/α-hetero) is 2. The fourth-order valence-electron chi connectivity index (χ4n) is 1.93. The fourth-order valence-corrected chi connectivity index (χ4v) is 2.25. The highest BCUT2D eigenvalue weighted by Crippen LogP contribution is 2.10. The second kappa shape index (κ2) is 12.9. The Morgan fingerprint density at radius 2 is 1.50 bits per heavy atom. The van der Waals surface area contributed by atoms with Crippen LogP contribution in [0.3, 0.4) is 0 Å². The van der Waals surface area contributed by atoms with Crippen LogP contribution < -0.4 is 0 Å². The van der Waals surface area contributed by atoms with E-state index in [-0.39, 0.29) is 35.9 Å². The maximum absolute atomic E-state index is 12.0. The van der Waals surface area contributed by atoms with Crippen LogP contribution in [0.2, 0.25) is 0 Å². The highest BCUT2D eigenvalue weighted by Gasteiger charge is 2.27. The van der Waals surface area contributed by atoms with Crippen molar-refractivity contribution < 1.29 is 23.9 Å². The van der Waals surface area contributed by atoms with Crippen molar-refractivity contribution >= 4 is 42.8 Å². The van der Waals surface area contributed by atoms with Gasteiger partial charge in [-0.2, -0.15) is 25.3 Å². The van der Waals surface area contributed by atoms with Crippen molar-refractivity contribution in [3.8, 4) is 0 Å². The molecular weight excluding hydrogens is 326 g/mol. The van der Waals surface area contributed by atoms with Crippen molar-refractivity contribution in [1.29, 1.82) is 0 Å². The summed E-state index contributed by atoms with van der Waals surface area (Å²) in [6, 6.07) is -0.537. The molecule has 0 aliphatic carbocycles. The SMILES string of the molecule is COCCC(C(=O)OC)N(CCC(=O)CS)CCC(=O)CS. The molecule has 0 aliphatic heterocycles. The Labute approximate surface area is 142 Å². The van der Waals surface area contributed by atoms with Gasteiger partial charge in [-0.25, -0.2) is 0 Å². The molecule has 0 aliphatic rings. The first-order valence-electron chi connectivity index (χ1n) is 7.06. The Kier molecular flexibility index (Phi) is 12.6. The highest BCUT2D eigenvalue weighted by molar-refractivity contribution is 7.81. The Morgan fingerprint density at radius 3 is 1.86 bits per heavy atom. The summed E-state index contributed by atoms with van der Waals surface area (Å²) in [6.07, 6.45) is 0.991. The zero-order valence-electron chi connectivity index (χ0n) is 13.1. The van der Waals surface area contributed by atoms with Crippen molar-refractivity contribution in [3.63, 3.8) is 0 Å². The van der Waals surface area contributed by atoms with E-state index in [4.69, 9.17) is 9.47 Å². The molecule has 22 heavy (non-hydrogen) atoms. The number of ketones is 2. The van der Waals surface area contributed by atoms with Gasteiger partial charge in [0.1, 0.15) is 17.6 Å². The van der Waals surface area contributed by atoms with Gasteiger partial charge in [-0.05, 0) is 6.42 Å². The zero-order chi connectivity index (χ0) is 17.0. The molecule has 0 spiro atoms. The number of methoxy groups -OCH3 is 2. The molecule has 0 fully saturated rings. The molecule has 0 aromatic carbocycles. The van der Waals surface area contributed by atoms with Gasteiger partial charge in [-0.15, -0.1) is 0 Å². The summed E-state index contributed by atoms with van der Waals surface area (Å²) < 4.78 is 9.84. The summed E-state index contributed by atoms with van der Waals surface area (Å²) in [5.74, 6) is -0.100. The molecule has 0 aromatic heterocycles. The quantitative estimate of drug-likeness (QED) is 0.375. The van der Waals surface area contributed by atoms with Crippen LogP contribution in [0.1, 0.15) is 19.3 Å². The van der Waals surface area contributed by atoms with Crippen LogP contribution in [0.5, 0.6) is 0 Å². The van der Waals surface area contributed by atoms with E-state index in [0.29, 0.717) is 26.1 Å². The van der Waals surface area contributed by atoms with Gasteiger partial charge in [0.2, 0.25) is 0 Å². The van der Waals surface area contributed by atoms with Crippen molar-refractivity contribution in [3.05, 3.63) is 0 Å². The van der Waals surface area contributed by atoms with E-state index in [1.165, 1.54) is 7.11 Å². The lowest BCUT2D eigenvalue weighted by atomic mass is 10.1. The zero-order valence-corrected chi connectivity index (χ0v) is 14.9. The predicted octanol–water partition coefficient (Wildman–Crippen LogP) is 0.645. The first kappa shape index (κ1) is 21.4. The van der Waals surface area contributed by atoms with Crippen molar-refractivity contribution in [2.45, 2.75) is 25.3 Å². The number of rotatable bonds is 13. The summed E-state index contributed by atoms with van der Waals surface area (Å²) in [6.45, 7) is 1.14. The number of nitrogens with zero attached hydrogens (tertiary/aromatic N) is 1. The Bertz CT molecular complexity index is 345. The average Bonchev–Trinajstić information content (AvgIpc) is 2.55. The minimum Gasteiger partial charge on any atom is -0.468 e. The van der Waals surface area contributed by atoms with E-state index in [2.05, 4.69) is 25.3 Å². The predicted molar refractivity (Wildman–Crippen MR) is 90.8 cm³/mol. The Morgan fingerprint density at radius 1 is 1.00 bits per heavy atom. The van der Waals surface area contributed by atoms with Crippen molar-refractivity contribution in [2.75, 3.05) is 45.4 Å². The molecule has 0 heterocycles. The number of carbonyl (C=O) groups excluding carboxylic acids is 3. The third-order valence-electron chi connectivity index (χ3n) is 3.22. The van der Waals surface area contributed by atoms with Gasteiger partial charge >= 0.3 is 5.97 Å². The maximum Gasteiger partial charge on any atom is 0.323 e. The average molecular weight is 351 g/mol. The number of esters is 1. The molecule has 1 atom stereocenters. The van der Waals surface area contributed by atoms with E-state index < -0.39 is 12.0 Å². The van der Waals surface area contributed by atoms with Crippen LogP contribution in [-0.4, -0.2) is 73.9 Å². The van der Waals surface area contributed by atoms with E-state index in [1.54, 1.807) is 12.0 Å². The molecule has 0 N–H and O–H groups in total. The van der Waals surface area contributed by atoms with Gasteiger partial charge in [0.05, 0.1) is 7.11 Å². The lowest BCUT2D eigenvalue weighted by Crippen LogP contribution is -2.44. The van der Waals surface area contributed by atoms with E-state index in [9.17, 15) is 14.4 Å². The lowest BCUT2D eigenvalue weighted by molar-refractivity contribution is -0.148.